The SMILES string of the molecule is Cc1ccc2c(c1)C1(c3ccccc3-2)c2ccccc2-c2c(N(c3cccc4c3-c3ccccc3C43c4ccccc4-c4ccccc43)c3cccc4c3sc3c(C(C)(C)C)cc5ccccc5c34)cccc21. The summed E-state index contributed by atoms with van der Waals surface area (Å²) >= 11 is 1.97. The van der Waals surface area contributed by atoms with E-state index in [-0.39, 0.29) is 5.41 Å². The summed E-state index contributed by atoms with van der Waals surface area (Å²) in [5.74, 6) is 0. The molecule has 1 heterocycles. The molecule has 16 rings (SSSR count). The predicted octanol–water partition coefficient (Wildman–Crippen LogP) is 19.0. The highest BCUT2D eigenvalue weighted by Crippen LogP contribution is 2.68. The topological polar surface area (TPSA) is 3.24 Å². The van der Waals surface area contributed by atoms with Gasteiger partial charge in [-0.05, 0) is 131 Å². The van der Waals surface area contributed by atoms with Gasteiger partial charge < -0.3 is 4.90 Å². The molecule has 0 bridgehead atoms. The van der Waals surface area contributed by atoms with Gasteiger partial charge in [-0.1, -0.05) is 227 Å². The molecule has 12 aromatic rings. The maximum absolute atomic E-state index is 2.70. The fourth-order valence-electron chi connectivity index (χ4n) is 14.5. The standard InChI is InChI=1S/C71H49NS/c1-42-38-39-48-47-24-9-14-30-54(47)71(59(48)40-42)56-32-16-11-26-50(56)66-58(71)34-19-36-62(66)72(63-37-17-27-51-64-44-21-6-5-20-43(44)41-60(69(2,3)4)68(64)73-67(51)63)61-35-18-33-57-65(61)49-25-10-15-31-55(49)70(57)52-28-12-7-22-45(52)46-23-8-13-29-53(46)70/h5-41H,1-4H3. The van der Waals surface area contributed by atoms with E-state index in [2.05, 4.69) is 257 Å². The van der Waals surface area contributed by atoms with Crippen LogP contribution in [0.3, 0.4) is 0 Å². The van der Waals surface area contributed by atoms with Crippen LogP contribution in [0.2, 0.25) is 0 Å². The fraction of sp³-hybridized carbons (Fsp3) is 0.0986. The second-order valence-corrected chi connectivity index (χ2v) is 22.9. The lowest BCUT2D eigenvalue weighted by Gasteiger charge is -2.33. The number of anilines is 3. The molecule has 11 aromatic carbocycles. The van der Waals surface area contributed by atoms with E-state index in [9.17, 15) is 0 Å². The van der Waals surface area contributed by atoms with Crippen molar-refractivity contribution in [2.45, 2.75) is 43.9 Å². The van der Waals surface area contributed by atoms with E-state index in [0.717, 1.165) is 0 Å². The minimum atomic E-state index is -0.498. The van der Waals surface area contributed by atoms with Gasteiger partial charge in [0.25, 0.3) is 0 Å². The van der Waals surface area contributed by atoms with Crippen molar-refractivity contribution in [1.29, 1.82) is 0 Å². The Bertz CT molecular complexity index is 4360. The lowest BCUT2D eigenvalue weighted by Crippen LogP contribution is -2.26. The Morgan fingerprint density at radius 2 is 0.781 bits per heavy atom. The van der Waals surface area contributed by atoms with Crippen molar-refractivity contribution in [2.75, 3.05) is 4.90 Å². The molecular weight excluding hydrogens is 899 g/mol. The van der Waals surface area contributed by atoms with Crippen molar-refractivity contribution < 1.29 is 0 Å². The van der Waals surface area contributed by atoms with Crippen molar-refractivity contribution in [3.63, 3.8) is 0 Å². The van der Waals surface area contributed by atoms with Crippen LogP contribution in [-0.4, -0.2) is 0 Å². The Morgan fingerprint density at radius 1 is 0.356 bits per heavy atom. The van der Waals surface area contributed by atoms with Crippen LogP contribution in [0.1, 0.15) is 76.4 Å². The third-order valence-corrected chi connectivity index (χ3v) is 18.5. The first kappa shape index (κ1) is 41.3. The van der Waals surface area contributed by atoms with Gasteiger partial charge in [0.15, 0.2) is 0 Å². The molecule has 73 heavy (non-hydrogen) atoms. The van der Waals surface area contributed by atoms with E-state index in [1.807, 2.05) is 11.3 Å². The molecule has 0 amide bonds. The van der Waals surface area contributed by atoms with Crippen LogP contribution in [0, 0.1) is 6.92 Å². The van der Waals surface area contributed by atoms with Gasteiger partial charge in [0.05, 0.1) is 32.6 Å². The average molecular weight is 948 g/mol. The summed E-state index contributed by atoms with van der Waals surface area (Å²) in [7, 11) is 0. The lowest BCUT2D eigenvalue weighted by molar-refractivity contribution is 0.597. The molecule has 0 aliphatic heterocycles. The smallest absolute Gasteiger partial charge is 0.0726 e. The third-order valence-electron chi connectivity index (χ3n) is 17.2. The molecule has 1 aromatic heterocycles. The molecule has 2 heteroatoms. The van der Waals surface area contributed by atoms with Gasteiger partial charge in [0.1, 0.15) is 0 Å². The zero-order valence-corrected chi connectivity index (χ0v) is 42.0. The van der Waals surface area contributed by atoms with E-state index in [4.69, 9.17) is 0 Å². The Labute approximate surface area is 430 Å². The van der Waals surface area contributed by atoms with Crippen LogP contribution < -0.4 is 4.90 Å². The van der Waals surface area contributed by atoms with Crippen LogP contribution in [0.15, 0.2) is 224 Å². The minimum absolute atomic E-state index is 0.0698. The Hall–Kier alpha value is -8.30. The molecule has 1 atom stereocenters. The van der Waals surface area contributed by atoms with Gasteiger partial charge in [-0.25, -0.2) is 0 Å². The number of hydrogen-bond donors (Lipinski definition) is 0. The maximum Gasteiger partial charge on any atom is 0.0726 e. The van der Waals surface area contributed by atoms with Gasteiger partial charge in [-0.15, -0.1) is 11.3 Å². The highest BCUT2D eigenvalue weighted by molar-refractivity contribution is 7.26. The quantitative estimate of drug-likeness (QED) is 0.171. The van der Waals surface area contributed by atoms with Gasteiger partial charge in [-0.3, -0.25) is 0 Å². The summed E-state index contributed by atoms with van der Waals surface area (Å²) in [6, 6.07) is 86.3. The monoisotopic (exact) mass is 947 g/mol. The van der Waals surface area contributed by atoms with E-state index in [0.29, 0.717) is 0 Å². The van der Waals surface area contributed by atoms with Crippen molar-refractivity contribution in [3.05, 3.63) is 280 Å². The Balaban J connectivity index is 1.07. The lowest BCUT2D eigenvalue weighted by atomic mass is 9.70. The van der Waals surface area contributed by atoms with Crippen molar-refractivity contribution in [1.82, 2.24) is 0 Å². The zero-order chi connectivity index (χ0) is 48.5. The molecule has 0 saturated heterocycles. The molecular formula is C71H49NS. The van der Waals surface area contributed by atoms with Crippen molar-refractivity contribution in [2.24, 2.45) is 0 Å². The summed E-state index contributed by atoms with van der Waals surface area (Å²) in [5, 5.41) is 5.24. The molecule has 0 saturated carbocycles. The number of nitrogens with zero attached hydrogens (tertiary/aromatic N) is 1. The average Bonchev–Trinajstić information content (AvgIpc) is 4.25. The first-order valence-corrected chi connectivity index (χ1v) is 26.7. The first-order chi connectivity index (χ1) is 35.8. The number of fused-ring (bicyclic) bond motifs is 25. The van der Waals surface area contributed by atoms with Crippen LogP contribution in [-0.2, 0) is 16.2 Å². The number of benzene rings is 11. The van der Waals surface area contributed by atoms with Crippen LogP contribution in [0.25, 0.3) is 75.5 Å². The second-order valence-electron chi connectivity index (χ2n) is 21.9. The summed E-state index contributed by atoms with van der Waals surface area (Å²) < 4.78 is 2.66. The van der Waals surface area contributed by atoms with E-state index >= 15 is 0 Å². The van der Waals surface area contributed by atoms with Crippen LogP contribution in [0.5, 0.6) is 0 Å². The van der Waals surface area contributed by atoms with E-state index in [1.165, 1.54) is 148 Å². The minimum Gasteiger partial charge on any atom is -0.308 e. The number of thiophene rings is 1. The van der Waals surface area contributed by atoms with Crippen molar-refractivity contribution >= 4 is 59.3 Å². The maximum atomic E-state index is 2.70. The molecule has 0 radical (unpaired) electrons. The van der Waals surface area contributed by atoms with Gasteiger partial charge in [0.2, 0.25) is 0 Å². The summed E-state index contributed by atoms with van der Waals surface area (Å²) in [4.78, 5) is 2.70. The Morgan fingerprint density at radius 3 is 1.34 bits per heavy atom. The predicted molar refractivity (Wildman–Crippen MR) is 308 cm³/mol. The van der Waals surface area contributed by atoms with Gasteiger partial charge in [-0.2, -0.15) is 0 Å². The van der Waals surface area contributed by atoms with Gasteiger partial charge in [0, 0.05) is 26.6 Å². The molecule has 2 spiro atoms. The molecule has 1 unspecified atom stereocenters. The van der Waals surface area contributed by atoms with E-state index < -0.39 is 10.8 Å². The first-order valence-electron chi connectivity index (χ1n) is 25.8. The highest BCUT2D eigenvalue weighted by Gasteiger charge is 2.54. The van der Waals surface area contributed by atoms with Crippen molar-refractivity contribution in [3.8, 4) is 44.5 Å². The number of aryl methyl sites for hydroxylation is 1. The third kappa shape index (κ3) is 5.07. The van der Waals surface area contributed by atoms with Crippen LogP contribution in [0.4, 0.5) is 17.1 Å². The molecule has 4 aliphatic rings. The highest BCUT2D eigenvalue weighted by atomic mass is 32.1. The summed E-state index contributed by atoms with van der Waals surface area (Å²) in [6.07, 6.45) is 0. The normalized spacial score (nSPS) is 15.8. The molecule has 344 valence electrons. The number of rotatable bonds is 3. The second kappa shape index (κ2) is 14.4. The summed E-state index contributed by atoms with van der Waals surface area (Å²) in [5.41, 5.74) is 26.4. The Kier molecular flexibility index (Phi) is 8.17. The fourth-order valence-corrected chi connectivity index (χ4v) is 16.1. The molecule has 0 N–H and O–H groups in total. The van der Waals surface area contributed by atoms with Crippen LogP contribution >= 0.6 is 11.3 Å². The molecule has 0 fully saturated rings. The molecule has 4 aliphatic carbocycles. The zero-order valence-electron chi connectivity index (χ0n) is 41.2. The molecule has 1 nitrogen and oxygen atoms in total. The largest absolute Gasteiger partial charge is 0.308 e. The van der Waals surface area contributed by atoms with E-state index in [1.54, 1.807) is 0 Å². The summed E-state index contributed by atoms with van der Waals surface area (Å²) in [6.45, 7) is 9.36. The number of hydrogen-bond acceptors (Lipinski definition) is 2. The van der Waals surface area contributed by atoms with Gasteiger partial charge >= 0.3 is 0 Å².